The minimum atomic E-state index is 0.00748. The van der Waals surface area contributed by atoms with Crippen LogP contribution in [0.1, 0.15) is 96.8 Å². The number of carbonyl (C=O) groups excluding carboxylic acids is 1. The molecule has 0 aromatic heterocycles. The number of rotatable bonds is 12. The summed E-state index contributed by atoms with van der Waals surface area (Å²) in [5.41, 5.74) is 0. The van der Waals surface area contributed by atoms with Crippen molar-refractivity contribution in [2.24, 2.45) is 0 Å². The van der Waals surface area contributed by atoms with Crippen molar-refractivity contribution < 1.29 is 9.53 Å². The number of carbonyl (C=O) groups is 1. The van der Waals surface area contributed by atoms with E-state index in [9.17, 15) is 4.79 Å². The van der Waals surface area contributed by atoms with Crippen molar-refractivity contribution in [3.05, 3.63) is 0 Å². The van der Waals surface area contributed by atoms with Gasteiger partial charge in [-0.15, -0.1) is 0 Å². The molecule has 1 aliphatic rings. The first-order valence-electron chi connectivity index (χ1n) is 8.52. The molecular weight excluding hydrogens is 236 g/mol. The Hall–Kier alpha value is -0.530. The SMILES string of the molecule is CCCCCCCCCCCCC[C@@H]1CCC(=O)O1. The Labute approximate surface area is 119 Å². The summed E-state index contributed by atoms with van der Waals surface area (Å²) in [7, 11) is 0. The highest BCUT2D eigenvalue weighted by Gasteiger charge is 2.22. The highest BCUT2D eigenvalue weighted by atomic mass is 16.5. The normalized spacial score (nSPS) is 18.8. The molecule has 1 fully saturated rings. The van der Waals surface area contributed by atoms with E-state index in [2.05, 4.69) is 6.92 Å². The van der Waals surface area contributed by atoms with Gasteiger partial charge in [-0.05, 0) is 19.3 Å². The van der Waals surface area contributed by atoms with Gasteiger partial charge in [0.05, 0.1) is 0 Å². The van der Waals surface area contributed by atoms with Crippen LogP contribution in [0.25, 0.3) is 0 Å². The van der Waals surface area contributed by atoms with Crippen molar-refractivity contribution in [3.8, 4) is 0 Å². The predicted octanol–water partition coefficient (Wildman–Crippen LogP) is 5.39. The van der Waals surface area contributed by atoms with Crippen molar-refractivity contribution in [1.29, 1.82) is 0 Å². The smallest absolute Gasteiger partial charge is 0.306 e. The van der Waals surface area contributed by atoms with Crippen LogP contribution in [-0.2, 0) is 9.53 Å². The van der Waals surface area contributed by atoms with Crippen LogP contribution < -0.4 is 0 Å². The second-order valence-corrected chi connectivity index (χ2v) is 5.97. The standard InChI is InChI=1S/C17H32O2/c1-2-3-4-5-6-7-8-9-10-11-12-13-16-14-15-17(18)19-16/h16H,2-15H2,1H3/t16-/m1/s1. The molecule has 1 heterocycles. The Morgan fingerprint density at radius 1 is 0.895 bits per heavy atom. The summed E-state index contributed by atoms with van der Waals surface area (Å²) in [5, 5.41) is 0. The molecule has 1 rings (SSSR count). The third kappa shape index (κ3) is 9.07. The van der Waals surface area contributed by atoms with Gasteiger partial charge >= 0.3 is 5.97 Å². The Kier molecular flexibility index (Phi) is 9.84. The first-order chi connectivity index (χ1) is 9.33. The molecule has 2 heteroatoms. The summed E-state index contributed by atoms with van der Waals surface area (Å²) >= 11 is 0. The third-order valence-electron chi connectivity index (χ3n) is 4.10. The maximum atomic E-state index is 10.9. The van der Waals surface area contributed by atoms with Crippen LogP contribution >= 0.6 is 0 Å². The van der Waals surface area contributed by atoms with Crippen LogP contribution in [0.15, 0.2) is 0 Å². The van der Waals surface area contributed by atoms with Crippen LogP contribution in [0, 0.1) is 0 Å². The average Bonchev–Trinajstić information content (AvgIpc) is 2.82. The first-order valence-corrected chi connectivity index (χ1v) is 8.52. The minimum Gasteiger partial charge on any atom is -0.462 e. The van der Waals surface area contributed by atoms with E-state index < -0.39 is 0 Å². The number of ether oxygens (including phenoxy) is 1. The highest BCUT2D eigenvalue weighted by Crippen LogP contribution is 2.20. The van der Waals surface area contributed by atoms with Gasteiger partial charge < -0.3 is 4.74 Å². The van der Waals surface area contributed by atoms with E-state index in [1.54, 1.807) is 0 Å². The van der Waals surface area contributed by atoms with Crippen LogP contribution in [0.2, 0.25) is 0 Å². The number of unbranched alkanes of at least 4 members (excludes halogenated alkanes) is 10. The third-order valence-corrected chi connectivity index (χ3v) is 4.10. The molecule has 0 saturated carbocycles. The molecule has 112 valence electrons. The molecular formula is C17H32O2. The predicted molar refractivity (Wildman–Crippen MR) is 80.2 cm³/mol. The molecule has 0 aliphatic carbocycles. The molecule has 0 bridgehead atoms. The summed E-state index contributed by atoms with van der Waals surface area (Å²) < 4.78 is 5.21. The van der Waals surface area contributed by atoms with Crippen molar-refractivity contribution in [2.45, 2.75) is 103 Å². The second kappa shape index (κ2) is 11.3. The van der Waals surface area contributed by atoms with Gasteiger partial charge in [-0.1, -0.05) is 71.1 Å². The Morgan fingerprint density at radius 3 is 1.89 bits per heavy atom. The van der Waals surface area contributed by atoms with E-state index in [-0.39, 0.29) is 12.1 Å². The Bertz CT molecular complexity index is 225. The summed E-state index contributed by atoms with van der Waals surface area (Å²) in [6, 6.07) is 0. The number of hydrogen-bond acceptors (Lipinski definition) is 2. The first kappa shape index (κ1) is 16.5. The van der Waals surface area contributed by atoms with Gasteiger partial charge in [-0.2, -0.15) is 0 Å². The second-order valence-electron chi connectivity index (χ2n) is 5.97. The number of cyclic esters (lactones) is 1. The molecule has 1 atom stereocenters. The monoisotopic (exact) mass is 268 g/mol. The van der Waals surface area contributed by atoms with Crippen LogP contribution in [-0.4, -0.2) is 12.1 Å². The van der Waals surface area contributed by atoms with E-state index in [1.807, 2.05) is 0 Å². The van der Waals surface area contributed by atoms with Crippen LogP contribution in [0.4, 0.5) is 0 Å². The van der Waals surface area contributed by atoms with Gasteiger partial charge in [-0.25, -0.2) is 0 Å². The van der Waals surface area contributed by atoms with Crippen LogP contribution in [0.3, 0.4) is 0 Å². The van der Waals surface area contributed by atoms with Gasteiger partial charge in [0, 0.05) is 6.42 Å². The summed E-state index contributed by atoms with van der Waals surface area (Å²) in [6.07, 6.45) is 18.1. The average molecular weight is 268 g/mol. The molecule has 0 spiro atoms. The van der Waals surface area contributed by atoms with E-state index >= 15 is 0 Å². The van der Waals surface area contributed by atoms with Crippen molar-refractivity contribution >= 4 is 5.97 Å². The molecule has 2 nitrogen and oxygen atoms in total. The lowest BCUT2D eigenvalue weighted by Gasteiger charge is -2.08. The molecule has 0 N–H and O–H groups in total. The lowest BCUT2D eigenvalue weighted by Crippen LogP contribution is -2.06. The van der Waals surface area contributed by atoms with Crippen molar-refractivity contribution in [3.63, 3.8) is 0 Å². The zero-order valence-corrected chi connectivity index (χ0v) is 12.8. The fourth-order valence-corrected chi connectivity index (χ4v) is 2.82. The summed E-state index contributed by atoms with van der Waals surface area (Å²) in [4.78, 5) is 10.9. The topological polar surface area (TPSA) is 26.3 Å². The lowest BCUT2D eigenvalue weighted by molar-refractivity contribution is -0.141. The van der Waals surface area contributed by atoms with Crippen molar-refractivity contribution in [2.75, 3.05) is 0 Å². The maximum Gasteiger partial charge on any atom is 0.306 e. The quantitative estimate of drug-likeness (QED) is 0.350. The Morgan fingerprint density at radius 2 is 1.42 bits per heavy atom. The number of hydrogen-bond donors (Lipinski definition) is 0. The molecule has 0 unspecified atom stereocenters. The van der Waals surface area contributed by atoms with E-state index in [0.29, 0.717) is 6.42 Å². The molecule has 1 saturated heterocycles. The molecule has 19 heavy (non-hydrogen) atoms. The van der Waals surface area contributed by atoms with Gasteiger partial charge in [-0.3, -0.25) is 4.79 Å². The highest BCUT2D eigenvalue weighted by molar-refractivity contribution is 5.71. The van der Waals surface area contributed by atoms with Gasteiger partial charge in [0.2, 0.25) is 0 Å². The van der Waals surface area contributed by atoms with Gasteiger partial charge in [0.15, 0.2) is 0 Å². The largest absolute Gasteiger partial charge is 0.462 e. The molecule has 0 amide bonds. The van der Waals surface area contributed by atoms with Crippen molar-refractivity contribution in [1.82, 2.24) is 0 Å². The minimum absolute atomic E-state index is 0.00748. The molecule has 0 aromatic carbocycles. The lowest BCUT2D eigenvalue weighted by atomic mass is 10.0. The van der Waals surface area contributed by atoms with E-state index in [1.165, 1.54) is 70.6 Å². The van der Waals surface area contributed by atoms with E-state index in [4.69, 9.17) is 4.74 Å². The maximum absolute atomic E-state index is 10.9. The summed E-state index contributed by atoms with van der Waals surface area (Å²) in [6.45, 7) is 2.27. The number of esters is 1. The van der Waals surface area contributed by atoms with Crippen LogP contribution in [0.5, 0.6) is 0 Å². The fraction of sp³-hybridized carbons (Fsp3) is 0.941. The molecule has 0 aromatic rings. The van der Waals surface area contributed by atoms with Gasteiger partial charge in [0.1, 0.15) is 6.10 Å². The van der Waals surface area contributed by atoms with E-state index in [0.717, 1.165) is 12.8 Å². The molecule has 1 aliphatic heterocycles. The zero-order valence-electron chi connectivity index (χ0n) is 12.8. The molecule has 0 radical (unpaired) electrons. The summed E-state index contributed by atoms with van der Waals surface area (Å²) in [5.74, 6) is 0.00748. The fourth-order valence-electron chi connectivity index (χ4n) is 2.82. The Balaban J connectivity index is 1.73. The zero-order chi connectivity index (χ0) is 13.8. The van der Waals surface area contributed by atoms with Gasteiger partial charge in [0.25, 0.3) is 0 Å².